The molecule has 2 rings (SSSR count). The lowest BCUT2D eigenvalue weighted by Gasteiger charge is -1.88. The third kappa shape index (κ3) is 1.66. The largest absolute Gasteiger partial charge is 0.352 e. The zero-order valence-corrected chi connectivity index (χ0v) is 8.15. The standard InChI is InChI=1S/C9H6ClNOS/c10-6-3-9(13-5-6)8-2-1-7(4-12)11-8/h1-5,11H. The van der Waals surface area contributed by atoms with E-state index in [1.165, 1.54) is 0 Å². The van der Waals surface area contributed by atoms with E-state index in [1.54, 1.807) is 17.4 Å². The molecule has 0 saturated carbocycles. The van der Waals surface area contributed by atoms with Crippen LogP contribution >= 0.6 is 22.9 Å². The van der Waals surface area contributed by atoms with E-state index >= 15 is 0 Å². The molecule has 1 N–H and O–H groups in total. The highest BCUT2D eigenvalue weighted by Crippen LogP contribution is 2.28. The molecule has 2 aromatic heterocycles. The van der Waals surface area contributed by atoms with Gasteiger partial charge in [-0.1, -0.05) is 11.6 Å². The number of nitrogens with one attached hydrogen (secondary N) is 1. The molecule has 0 aliphatic heterocycles. The van der Waals surface area contributed by atoms with E-state index in [0.29, 0.717) is 5.69 Å². The van der Waals surface area contributed by atoms with E-state index < -0.39 is 0 Å². The number of halogens is 1. The molecule has 0 amide bonds. The lowest BCUT2D eigenvalue weighted by atomic mass is 10.3. The predicted molar refractivity (Wildman–Crippen MR) is 54.5 cm³/mol. The van der Waals surface area contributed by atoms with Gasteiger partial charge in [0, 0.05) is 5.38 Å². The van der Waals surface area contributed by atoms with Crippen LogP contribution in [0, 0.1) is 0 Å². The van der Waals surface area contributed by atoms with Gasteiger partial charge in [-0.25, -0.2) is 0 Å². The number of aldehydes is 1. The zero-order valence-electron chi connectivity index (χ0n) is 6.58. The van der Waals surface area contributed by atoms with Crippen molar-refractivity contribution in [3.63, 3.8) is 0 Å². The first-order valence-electron chi connectivity index (χ1n) is 3.68. The Kier molecular flexibility index (Phi) is 2.20. The number of rotatable bonds is 2. The van der Waals surface area contributed by atoms with Gasteiger partial charge in [-0.3, -0.25) is 4.79 Å². The van der Waals surface area contributed by atoms with Crippen molar-refractivity contribution in [1.29, 1.82) is 0 Å². The van der Waals surface area contributed by atoms with Gasteiger partial charge in [0.25, 0.3) is 0 Å². The third-order valence-electron chi connectivity index (χ3n) is 1.67. The molecule has 13 heavy (non-hydrogen) atoms. The van der Waals surface area contributed by atoms with Gasteiger partial charge in [-0.15, -0.1) is 11.3 Å². The number of aromatic nitrogens is 1. The summed E-state index contributed by atoms with van der Waals surface area (Å²) >= 11 is 7.33. The van der Waals surface area contributed by atoms with Crippen molar-refractivity contribution in [3.05, 3.63) is 34.3 Å². The second-order valence-electron chi connectivity index (χ2n) is 2.57. The van der Waals surface area contributed by atoms with Crippen LogP contribution in [0.15, 0.2) is 23.6 Å². The van der Waals surface area contributed by atoms with Crippen molar-refractivity contribution in [1.82, 2.24) is 4.98 Å². The summed E-state index contributed by atoms with van der Waals surface area (Å²) in [4.78, 5) is 14.4. The third-order valence-corrected chi connectivity index (χ3v) is 2.98. The molecule has 0 fully saturated rings. The number of carbonyl (C=O) groups excluding carboxylic acids is 1. The molecule has 0 radical (unpaired) electrons. The lowest BCUT2D eigenvalue weighted by Crippen LogP contribution is -1.77. The molecule has 0 bridgehead atoms. The van der Waals surface area contributed by atoms with Crippen molar-refractivity contribution in [3.8, 4) is 10.6 Å². The maximum absolute atomic E-state index is 10.4. The first-order valence-corrected chi connectivity index (χ1v) is 4.94. The summed E-state index contributed by atoms with van der Waals surface area (Å²) in [6.07, 6.45) is 0.790. The van der Waals surface area contributed by atoms with Crippen molar-refractivity contribution >= 4 is 29.2 Å². The molecule has 0 aliphatic carbocycles. The van der Waals surface area contributed by atoms with Crippen LogP contribution in [-0.2, 0) is 0 Å². The van der Waals surface area contributed by atoms with E-state index in [0.717, 1.165) is 21.9 Å². The number of thiophene rings is 1. The predicted octanol–water partition coefficient (Wildman–Crippen LogP) is 3.21. The molecule has 0 unspecified atom stereocenters. The van der Waals surface area contributed by atoms with E-state index in [1.807, 2.05) is 17.5 Å². The first kappa shape index (κ1) is 8.53. The average Bonchev–Trinajstić information content (AvgIpc) is 2.71. The molecule has 2 heterocycles. The molecule has 0 aromatic carbocycles. The van der Waals surface area contributed by atoms with Crippen LogP contribution in [-0.4, -0.2) is 11.3 Å². The minimum Gasteiger partial charge on any atom is -0.352 e. The zero-order chi connectivity index (χ0) is 9.26. The summed E-state index contributed by atoms with van der Waals surface area (Å²) < 4.78 is 0. The number of carbonyl (C=O) groups is 1. The summed E-state index contributed by atoms with van der Waals surface area (Å²) in [5.74, 6) is 0. The fraction of sp³-hybridized carbons (Fsp3) is 0. The Morgan fingerprint density at radius 1 is 1.46 bits per heavy atom. The quantitative estimate of drug-likeness (QED) is 0.761. The summed E-state index contributed by atoms with van der Waals surface area (Å²) in [5.41, 5.74) is 1.51. The maximum atomic E-state index is 10.4. The summed E-state index contributed by atoms with van der Waals surface area (Å²) in [7, 11) is 0. The Hall–Kier alpha value is -1.06. The van der Waals surface area contributed by atoms with Crippen LogP contribution < -0.4 is 0 Å². The summed E-state index contributed by atoms with van der Waals surface area (Å²) in [6, 6.07) is 5.48. The number of hydrogen-bond donors (Lipinski definition) is 1. The SMILES string of the molecule is O=Cc1ccc(-c2cc(Cl)cs2)[nH]1. The molecular formula is C9H6ClNOS. The molecule has 2 nitrogen and oxygen atoms in total. The van der Waals surface area contributed by atoms with Gasteiger partial charge in [-0.2, -0.15) is 0 Å². The number of H-pyrrole nitrogens is 1. The number of aromatic amines is 1. The van der Waals surface area contributed by atoms with Crippen molar-refractivity contribution in [2.24, 2.45) is 0 Å². The molecule has 0 spiro atoms. The highest BCUT2D eigenvalue weighted by atomic mass is 35.5. The van der Waals surface area contributed by atoms with Crippen LogP contribution in [0.25, 0.3) is 10.6 Å². The molecular weight excluding hydrogens is 206 g/mol. The fourth-order valence-electron chi connectivity index (χ4n) is 1.08. The molecule has 0 atom stereocenters. The molecule has 4 heteroatoms. The normalized spacial score (nSPS) is 10.2. The van der Waals surface area contributed by atoms with Crippen LogP contribution in [0.4, 0.5) is 0 Å². The van der Waals surface area contributed by atoms with Crippen molar-refractivity contribution in [2.75, 3.05) is 0 Å². The monoisotopic (exact) mass is 211 g/mol. The topological polar surface area (TPSA) is 32.9 Å². The maximum Gasteiger partial charge on any atom is 0.166 e. The van der Waals surface area contributed by atoms with Crippen molar-refractivity contribution < 1.29 is 4.79 Å². The molecule has 66 valence electrons. The van der Waals surface area contributed by atoms with Crippen molar-refractivity contribution in [2.45, 2.75) is 0 Å². The van der Waals surface area contributed by atoms with Gasteiger partial charge in [0.1, 0.15) is 0 Å². The van der Waals surface area contributed by atoms with E-state index in [-0.39, 0.29) is 0 Å². The highest BCUT2D eigenvalue weighted by molar-refractivity contribution is 7.14. The Bertz CT molecular complexity index is 432. The van der Waals surface area contributed by atoms with Crippen LogP contribution in [0.5, 0.6) is 0 Å². The van der Waals surface area contributed by atoms with Gasteiger partial charge in [-0.05, 0) is 18.2 Å². The van der Waals surface area contributed by atoms with Gasteiger partial charge in [0.15, 0.2) is 6.29 Å². The molecule has 2 aromatic rings. The molecule has 0 aliphatic rings. The van der Waals surface area contributed by atoms with Crippen LogP contribution in [0.2, 0.25) is 5.02 Å². The van der Waals surface area contributed by atoms with E-state index in [2.05, 4.69) is 4.98 Å². The van der Waals surface area contributed by atoms with Gasteiger partial charge in [0.2, 0.25) is 0 Å². The Morgan fingerprint density at radius 3 is 2.85 bits per heavy atom. The summed E-state index contributed by atoms with van der Waals surface area (Å²) in [6.45, 7) is 0. The van der Waals surface area contributed by atoms with Gasteiger partial charge >= 0.3 is 0 Å². The molecule has 0 saturated heterocycles. The summed E-state index contributed by atoms with van der Waals surface area (Å²) in [5, 5.41) is 2.58. The second-order valence-corrected chi connectivity index (χ2v) is 3.92. The van der Waals surface area contributed by atoms with Gasteiger partial charge in [0.05, 0.1) is 21.3 Å². The Morgan fingerprint density at radius 2 is 2.31 bits per heavy atom. The Labute approximate surface area is 84.2 Å². The number of hydrogen-bond acceptors (Lipinski definition) is 2. The minimum atomic E-state index is 0.583. The lowest BCUT2D eigenvalue weighted by molar-refractivity contribution is 0.111. The fourth-order valence-corrected chi connectivity index (χ4v) is 2.13. The second kappa shape index (κ2) is 3.36. The minimum absolute atomic E-state index is 0.583. The van der Waals surface area contributed by atoms with E-state index in [4.69, 9.17) is 11.6 Å². The van der Waals surface area contributed by atoms with Crippen LogP contribution in [0.3, 0.4) is 0 Å². The smallest absolute Gasteiger partial charge is 0.166 e. The first-order chi connectivity index (χ1) is 6.29. The van der Waals surface area contributed by atoms with Crippen LogP contribution in [0.1, 0.15) is 10.5 Å². The highest BCUT2D eigenvalue weighted by Gasteiger charge is 2.03. The Balaban J connectivity index is 2.40. The average molecular weight is 212 g/mol. The van der Waals surface area contributed by atoms with Gasteiger partial charge < -0.3 is 4.98 Å². The van der Waals surface area contributed by atoms with E-state index in [9.17, 15) is 4.79 Å².